The number of aromatic nitrogens is 2. The SMILES string of the molecule is CCCn1ccnc(NCC2(CC)CCCC2)c1=O. The third kappa shape index (κ3) is 3.17. The number of rotatable bonds is 6. The van der Waals surface area contributed by atoms with E-state index in [-0.39, 0.29) is 5.56 Å². The maximum absolute atomic E-state index is 12.2. The fourth-order valence-corrected chi connectivity index (χ4v) is 3.04. The molecular weight excluding hydrogens is 238 g/mol. The second kappa shape index (κ2) is 6.22. The minimum absolute atomic E-state index is 0.00796. The molecule has 4 heteroatoms. The topological polar surface area (TPSA) is 46.9 Å². The lowest BCUT2D eigenvalue weighted by atomic mass is 9.83. The van der Waals surface area contributed by atoms with Gasteiger partial charge in [0, 0.05) is 25.5 Å². The molecule has 0 saturated heterocycles. The van der Waals surface area contributed by atoms with Crippen LogP contribution < -0.4 is 10.9 Å². The van der Waals surface area contributed by atoms with Gasteiger partial charge in [-0.2, -0.15) is 0 Å². The largest absolute Gasteiger partial charge is 0.365 e. The second-order valence-electron chi connectivity index (χ2n) is 5.69. The van der Waals surface area contributed by atoms with Crippen LogP contribution in [-0.2, 0) is 6.54 Å². The van der Waals surface area contributed by atoms with Gasteiger partial charge in [0.15, 0.2) is 5.82 Å². The summed E-state index contributed by atoms with van der Waals surface area (Å²) < 4.78 is 1.74. The maximum Gasteiger partial charge on any atom is 0.293 e. The lowest BCUT2D eigenvalue weighted by Crippen LogP contribution is -2.30. The zero-order valence-corrected chi connectivity index (χ0v) is 12.1. The molecule has 0 bridgehead atoms. The van der Waals surface area contributed by atoms with Crippen LogP contribution in [0.3, 0.4) is 0 Å². The van der Waals surface area contributed by atoms with Crippen LogP contribution in [0, 0.1) is 5.41 Å². The number of nitrogens with one attached hydrogen (secondary N) is 1. The van der Waals surface area contributed by atoms with Gasteiger partial charge in [0.1, 0.15) is 0 Å². The molecule has 4 nitrogen and oxygen atoms in total. The van der Waals surface area contributed by atoms with Crippen molar-refractivity contribution < 1.29 is 0 Å². The van der Waals surface area contributed by atoms with Crippen LogP contribution in [0.25, 0.3) is 0 Å². The third-order valence-electron chi connectivity index (χ3n) is 4.42. The van der Waals surface area contributed by atoms with Crippen molar-refractivity contribution in [3.05, 3.63) is 22.7 Å². The van der Waals surface area contributed by atoms with E-state index >= 15 is 0 Å². The molecule has 19 heavy (non-hydrogen) atoms. The predicted molar refractivity (Wildman–Crippen MR) is 78.5 cm³/mol. The van der Waals surface area contributed by atoms with E-state index in [0.29, 0.717) is 11.2 Å². The molecule has 1 aliphatic rings. The van der Waals surface area contributed by atoms with Gasteiger partial charge in [-0.15, -0.1) is 0 Å². The molecule has 1 fully saturated rings. The number of anilines is 1. The van der Waals surface area contributed by atoms with Gasteiger partial charge in [0.05, 0.1) is 0 Å². The summed E-state index contributed by atoms with van der Waals surface area (Å²) in [5.74, 6) is 0.510. The van der Waals surface area contributed by atoms with Crippen LogP contribution in [0.5, 0.6) is 0 Å². The molecule has 1 saturated carbocycles. The number of hydrogen-bond donors (Lipinski definition) is 1. The molecule has 0 unspecified atom stereocenters. The van der Waals surface area contributed by atoms with Crippen LogP contribution in [0.2, 0.25) is 0 Å². The molecule has 0 radical (unpaired) electrons. The van der Waals surface area contributed by atoms with Gasteiger partial charge < -0.3 is 9.88 Å². The second-order valence-corrected chi connectivity index (χ2v) is 5.69. The molecule has 0 aliphatic heterocycles. The molecule has 106 valence electrons. The zero-order chi connectivity index (χ0) is 13.7. The summed E-state index contributed by atoms with van der Waals surface area (Å²) >= 11 is 0. The van der Waals surface area contributed by atoms with Gasteiger partial charge in [-0.05, 0) is 31.1 Å². The van der Waals surface area contributed by atoms with Gasteiger partial charge in [0.25, 0.3) is 5.56 Å². The van der Waals surface area contributed by atoms with Crippen LogP contribution in [-0.4, -0.2) is 16.1 Å². The summed E-state index contributed by atoms with van der Waals surface area (Å²) in [6.45, 7) is 5.96. The smallest absolute Gasteiger partial charge is 0.293 e. The first-order valence-electron chi connectivity index (χ1n) is 7.50. The van der Waals surface area contributed by atoms with Crippen molar-refractivity contribution in [2.45, 2.75) is 58.9 Å². The molecule has 0 atom stereocenters. The Morgan fingerprint density at radius 1 is 1.37 bits per heavy atom. The molecule has 2 rings (SSSR count). The van der Waals surface area contributed by atoms with Gasteiger partial charge in [-0.3, -0.25) is 4.79 Å². The van der Waals surface area contributed by atoms with Crippen molar-refractivity contribution >= 4 is 5.82 Å². The first-order valence-corrected chi connectivity index (χ1v) is 7.50. The molecule has 1 N–H and O–H groups in total. The summed E-state index contributed by atoms with van der Waals surface area (Å²) in [5.41, 5.74) is 0.383. The van der Waals surface area contributed by atoms with Crippen molar-refractivity contribution in [2.75, 3.05) is 11.9 Å². The Hall–Kier alpha value is -1.32. The fourth-order valence-electron chi connectivity index (χ4n) is 3.04. The third-order valence-corrected chi connectivity index (χ3v) is 4.42. The average Bonchev–Trinajstić information content (AvgIpc) is 2.89. The Morgan fingerprint density at radius 3 is 2.74 bits per heavy atom. The number of aryl methyl sites for hydroxylation is 1. The Labute approximate surface area is 115 Å². The van der Waals surface area contributed by atoms with Gasteiger partial charge in [0.2, 0.25) is 0 Å². The van der Waals surface area contributed by atoms with Crippen molar-refractivity contribution in [3.63, 3.8) is 0 Å². The molecule has 0 spiro atoms. The van der Waals surface area contributed by atoms with Gasteiger partial charge >= 0.3 is 0 Å². The van der Waals surface area contributed by atoms with Gasteiger partial charge in [-0.1, -0.05) is 26.7 Å². The summed E-state index contributed by atoms with van der Waals surface area (Å²) in [4.78, 5) is 16.4. The van der Waals surface area contributed by atoms with Crippen LogP contribution in [0.1, 0.15) is 52.4 Å². The summed E-state index contributed by atoms with van der Waals surface area (Å²) in [7, 11) is 0. The van der Waals surface area contributed by atoms with E-state index in [1.54, 1.807) is 17.0 Å². The Kier molecular flexibility index (Phi) is 4.61. The average molecular weight is 263 g/mol. The van der Waals surface area contributed by atoms with Crippen molar-refractivity contribution in [3.8, 4) is 0 Å². The van der Waals surface area contributed by atoms with Crippen molar-refractivity contribution in [1.82, 2.24) is 9.55 Å². The Morgan fingerprint density at radius 2 is 2.11 bits per heavy atom. The molecule has 1 aliphatic carbocycles. The molecule has 1 aromatic rings. The fraction of sp³-hybridized carbons (Fsp3) is 0.733. The van der Waals surface area contributed by atoms with Crippen molar-refractivity contribution in [1.29, 1.82) is 0 Å². The first kappa shape index (κ1) is 14.1. The highest BCUT2D eigenvalue weighted by Gasteiger charge is 2.31. The highest BCUT2D eigenvalue weighted by molar-refractivity contribution is 5.31. The van der Waals surface area contributed by atoms with E-state index in [9.17, 15) is 4.79 Å². The first-order chi connectivity index (χ1) is 9.21. The van der Waals surface area contributed by atoms with E-state index in [2.05, 4.69) is 24.1 Å². The van der Waals surface area contributed by atoms with Crippen LogP contribution >= 0.6 is 0 Å². The number of hydrogen-bond acceptors (Lipinski definition) is 3. The summed E-state index contributed by atoms with van der Waals surface area (Å²) in [6.07, 6.45) is 10.8. The molecule has 1 aromatic heterocycles. The van der Waals surface area contributed by atoms with E-state index < -0.39 is 0 Å². The molecule has 1 heterocycles. The highest BCUT2D eigenvalue weighted by atomic mass is 16.1. The zero-order valence-electron chi connectivity index (χ0n) is 12.1. The Bertz CT molecular complexity index is 461. The maximum atomic E-state index is 12.2. The van der Waals surface area contributed by atoms with Gasteiger partial charge in [-0.25, -0.2) is 4.98 Å². The van der Waals surface area contributed by atoms with E-state index in [0.717, 1.165) is 19.5 Å². The Balaban J connectivity index is 2.07. The molecule has 0 amide bonds. The monoisotopic (exact) mass is 263 g/mol. The highest BCUT2D eigenvalue weighted by Crippen LogP contribution is 2.40. The van der Waals surface area contributed by atoms with Crippen LogP contribution in [0.4, 0.5) is 5.82 Å². The normalized spacial score (nSPS) is 17.6. The lowest BCUT2D eigenvalue weighted by Gasteiger charge is -2.27. The number of nitrogens with zero attached hydrogens (tertiary/aromatic N) is 2. The summed E-state index contributed by atoms with van der Waals surface area (Å²) in [5, 5.41) is 3.30. The lowest BCUT2D eigenvalue weighted by molar-refractivity contribution is 0.306. The minimum Gasteiger partial charge on any atom is -0.365 e. The quantitative estimate of drug-likeness (QED) is 0.858. The van der Waals surface area contributed by atoms with E-state index in [4.69, 9.17) is 0 Å². The summed E-state index contributed by atoms with van der Waals surface area (Å²) in [6, 6.07) is 0. The van der Waals surface area contributed by atoms with E-state index in [1.807, 2.05) is 0 Å². The van der Waals surface area contributed by atoms with Crippen LogP contribution in [0.15, 0.2) is 17.2 Å². The predicted octanol–water partition coefficient (Wildman–Crippen LogP) is 3.04. The minimum atomic E-state index is 0.00796. The standard InChI is InChI=1S/C15H25N3O/c1-3-10-18-11-9-16-13(14(18)19)17-12-15(4-2)7-5-6-8-15/h9,11H,3-8,10,12H2,1-2H3,(H,16,17). The molecular formula is C15H25N3O. The molecule has 0 aromatic carbocycles. The van der Waals surface area contributed by atoms with Crippen molar-refractivity contribution in [2.24, 2.45) is 5.41 Å². The van der Waals surface area contributed by atoms with E-state index in [1.165, 1.54) is 32.1 Å².